The molecule has 0 bridgehead atoms. The number of aliphatic carboxylic acids is 1. The number of hydrogen-bond donors (Lipinski definition) is 1. The van der Waals surface area contributed by atoms with Crippen molar-refractivity contribution < 1.29 is 23.1 Å². The third-order valence-electron chi connectivity index (χ3n) is 3.28. The quantitative estimate of drug-likeness (QED) is 0.442. The minimum atomic E-state index is -1.01. The van der Waals surface area contributed by atoms with Crippen molar-refractivity contribution in [1.29, 1.82) is 0 Å². The van der Waals surface area contributed by atoms with E-state index in [-0.39, 0.29) is 11.6 Å². The van der Waals surface area contributed by atoms with Gasteiger partial charge in [-0.3, -0.25) is 0 Å². The topological polar surface area (TPSA) is 63.3 Å². The second-order valence-corrected chi connectivity index (χ2v) is 5.69. The SMILES string of the molecule is Fc1ccc(C=Cc2nc(CCl)co2)cc1.O=C(O)C=Cc1ccc(F)cc1. The highest BCUT2D eigenvalue weighted by molar-refractivity contribution is 6.16. The fraction of sp³-hybridized carbons (Fsp3) is 0.0476. The average molecular weight is 404 g/mol. The Labute approximate surface area is 165 Å². The third kappa shape index (κ3) is 7.55. The number of carboxylic acids is 1. The lowest BCUT2D eigenvalue weighted by Gasteiger charge is -1.91. The molecule has 0 unspecified atom stereocenters. The van der Waals surface area contributed by atoms with Crippen molar-refractivity contribution in [1.82, 2.24) is 4.98 Å². The highest BCUT2D eigenvalue weighted by Gasteiger charge is 1.98. The third-order valence-corrected chi connectivity index (χ3v) is 3.56. The van der Waals surface area contributed by atoms with E-state index in [4.69, 9.17) is 21.1 Å². The molecule has 0 aliphatic carbocycles. The van der Waals surface area contributed by atoms with Crippen molar-refractivity contribution in [2.75, 3.05) is 0 Å². The Morgan fingerprint density at radius 3 is 1.96 bits per heavy atom. The van der Waals surface area contributed by atoms with E-state index in [2.05, 4.69) is 4.98 Å². The van der Waals surface area contributed by atoms with Crippen molar-refractivity contribution in [3.63, 3.8) is 0 Å². The van der Waals surface area contributed by atoms with E-state index < -0.39 is 5.97 Å². The summed E-state index contributed by atoms with van der Waals surface area (Å²) < 4.78 is 30.1. The Hall–Kier alpha value is -3.25. The van der Waals surface area contributed by atoms with Crippen LogP contribution in [0.2, 0.25) is 0 Å². The molecule has 2 aromatic carbocycles. The van der Waals surface area contributed by atoms with Crippen LogP contribution in [0, 0.1) is 11.6 Å². The molecule has 4 nitrogen and oxygen atoms in total. The van der Waals surface area contributed by atoms with Crippen LogP contribution in [0.3, 0.4) is 0 Å². The van der Waals surface area contributed by atoms with Crippen LogP contribution in [0.5, 0.6) is 0 Å². The summed E-state index contributed by atoms with van der Waals surface area (Å²) in [7, 11) is 0. The number of hydrogen-bond acceptors (Lipinski definition) is 3. The molecular weight excluding hydrogens is 388 g/mol. The molecule has 0 atom stereocenters. The number of oxazole rings is 1. The smallest absolute Gasteiger partial charge is 0.328 e. The predicted octanol–water partition coefficient (Wildman–Crippen LogP) is 5.65. The molecule has 0 aliphatic rings. The lowest BCUT2D eigenvalue weighted by Crippen LogP contribution is -1.85. The van der Waals surface area contributed by atoms with Gasteiger partial charge in [-0.05, 0) is 47.5 Å². The molecule has 0 fully saturated rings. The molecule has 0 saturated heterocycles. The summed E-state index contributed by atoms with van der Waals surface area (Å²) >= 11 is 5.59. The fourth-order valence-corrected chi connectivity index (χ4v) is 2.07. The van der Waals surface area contributed by atoms with Gasteiger partial charge < -0.3 is 9.52 Å². The maximum atomic E-state index is 12.6. The minimum Gasteiger partial charge on any atom is -0.478 e. The number of alkyl halides is 1. The predicted molar refractivity (Wildman–Crippen MR) is 104 cm³/mol. The average Bonchev–Trinajstić information content (AvgIpc) is 3.16. The van der Waals surface area contributed by atoms with Gasteiger partial charge in [0.05, 0.1) is 11.6 Å². The van der Waals surface area contributed by atoms with Crippen molar-refractivity contribution in [2.45, 2.75) is 5.88 Å². The highest BCUT2D eigenvalue weighted by Crippen LogP contribution is 2.10. The van der Waals surface area contributed by atoms with Crippen LogP contribution in [-0.4, -0.2) is 16.1 Å². The van der Waals surface area contributed by atoms with E-state index in [1.54, 1.807) is 24.3 Å². The molecular formula is C21H16ClF2NO3. The fourth-order valence-electron chi connectivity index (χ4n) is 1.94. The molecule has 0 amide bonds. The molecule has 3 aromatic rings. The molecule has 1 N–H and O–H groups in total. The molecule has 1 aromatic heterocycles. The molecule has 28 heavy (non-hydrogen) atoms. The maximum absolute atomic E-state index is 12.6. The summed E-state index contributed by atoms with van der Waals surface area (Å²) in [6, 6.07) is 11.7. The molecule has 1 heterocycles. The molecule has 0 radical (unpaired) electrons. The highest BCUT2D eigenvalue weighted by atomic mass is 35.5. The maximum Gasteiger partial charge on any atom is 0.328 e. The summed E-state index contributed by atoms with van der Waals surface area (Å²) in [5.41, 5.74) is 2.24. The lowest BCUT2D eigenvalue weighted by atomic mass is 10.2. The van der Waals surface area contributed by atoms with Gasteiger partial charge in [0.1, 0.15) is 17.9 Å². The van der Waals surface area contributed by atoms with Gasteiger partial charge in [0.15, 0.2) is 0 Å². The van der Waals surface area contributed by atoms with Gasteiger partial charge in [-0.1, -0.05) is 24.3 Å². The van der Waals surface area contributed by atoms with E-state index in [1.807, 2.05) is 0 Å². The first-order valence-electron chi connectivity index (χ1n) is 8.07. The van der Waals surface area contributed by atoms with Gasteiger partial charge in [-0.2, -0.15) is 0 Å². The number of carbonyl (C=O) groups is 1. The molecule has 3 rings (SSSR count). The van der Waals surface area contributed by atoms with E-state index in [0.29, 0.717) is 23.0 Å². The summed E-state index contributed by atoms with van der Waals surface area (Å²) in [6.45, 7) is 0. The molecule has 144 valence electrons. The minimum absolute atomic E-state index is 0.252. The standard InChI is InChI=1S/C12H9ClFNO.C9H7FO2/c13-7-11-8-16-12(15-11)6-3-9-1-4-10(14)5-2-9;10-8-4-1-7(2-5-8)3-6-9(11)12/h1-6,8H,7H2;1-6H,(H,11,12). The van der Waals surface area contributed by atoms with Crippen molar-refractivity contribution in [2.24, 2.45) is 0 Å². The zero-order valence-corrected chi connectivity index (χ0v) is 15.3. The normalized spacial score (nSPS) is 10.8. The largest absolute Gasteiger partial charge is 0.478 e. The van der Waals surface area contributed by atoms with Gasteiger partial charge >= 0.3 is 5.97 Å². The second kappa shape index (κ2) is 10.8. The van der Waals surface area contributed by atoms with E-state index >= 15 is 0 Å². The number of carboxylic acid groups (broad SMARTS) is 1. The first kappa shape index (κ1) is 21.1. The van der Waals surface area contributed by atoms with Gasteiger partial charge in [0, 0.05) is 12.2 Å². The van der Waals surface area contributed by atoms with Crippen molar-refractivity contribution in [3.05, 3.63) is 95.2 Å². The summed E-state index contributed by atoms with van der Waals surface area (Å²) in [5.74, 6) is -0.784. The Morgan fingerprint density at radius 1 is 0.964 bits per heavy atom. The van der Waals surface area contributed by atoms with Crippen LogP contribution >= 0.6 is 11.6 Å². The number of halogens is 3. The molecule has 7 heteroatoms. The summed E-state index contributed by atoms with van der Waals surface area (Å²) in [5, 5.41) is 8.27. The first-order chi connectivity index (χ1) is 13.5. The molecule has 0 spiro atoms. The summed E-state index contributed by atoms with van der Waals surface area (Å²) in [6.07, 6.45) is 7.43. The van der Waals surface area contributed by atoms with Gasteiger partial charge in [-0.15, -0.1) is 11.6 Å². The van der Waals surface area contributed by atoms with E-state index in [9.17, 15) is 13.6 Å². The van der Waals surface area contributed by atoms with Crippen LogP contribution in [-0.2, 0) is 10.7 Å². The number of rotatable bonds is 5. The van der Waals surface area contributed by atoms with Crippen molar-refractivity contribution >= 4 is 35.8 Å². The van der Waals surface area contributed by atoms with Crippen LogP contribution in [0.25, 0.3) is 18.2 Å². The van der Waals surface area contributed by atoms with Crippen LogP contribution in [0.4, 0.5) is 8.78 Å². The van der Waals surface area contributed by atoms with E-state index in [1.165, 1.54) is 48.7 Å². The summed E-state index contributed by atoms with van der Waals surface area (Å²) in [4.78, 5) is 14.2. The van der Waals surface area contributed by atoms with Crippen LogP contribution in [0.15, 0.2) is 65.3 Å². The van der Waals surface area contributed by atoms with Gasteiger partial charge in [0.2, 0.25) is 5.89 Å². The lowest BCUT2D eigenvalue weighted by molar-refractivity contribution is -0.131. The Kier molecular flexibility index (Phi) is 8.11. The molecule has 0 aliphatic heterocycles. The van der Waals surface area contributed by atoms with Gasteiger partial charge in [-0.25, -0.2) is 18.6 Å². The second-order valence-electron chi connectivity index (χ2n) is 5.42. The number of benzene rings is 2. The van der Waals surface area contributed by atoms with Crippen LogP contribution < -0.4 is 0 Å². The Bertz CT molecular complexity index is 949. The monoisotopic (exact) mass is 403 g/mol. The first-order valence-corrected chi connectivity index (χ1v) is 8.60. The zero-order valence-electron chi connectivity index (χ0n) is 14.6. The Morgan fingerprint density at radius 2 is 1.50 bits per heavy atom. The molecule has 0 saturated carbocycles. The zero-order chi connectivity index (χ0) is 20.4. The van der Waals surface area contributed by atoms with Crippen molar-refractivity contribution in [3.8, 4) is 0 Å². The number of nitrogens with zero attached hydrogens (tertiary/aromatic N) is 1. The van der Waals surface area contributed by atoms with E-state index in [0.717, 1.165) is 11.6 Å². The Balaban J connectivity index is 0.000000209. The van der Waals surface area contributed by atoms with Crippen LogP contribution in [0.1, 0.15) is 22.7 Å². The number of aromatic nitrogens is 1. The van der Waals surface area contributed by atoms with Gasteiger partial charge in [0.25, 0.3) is 0 Å².